The first-order chi connectivity index (χ1) is 6.95. The smallest absolute Gasteiger partial charge is 0.0650 e. The molecule has 1 aromatic rings. The maximum Gasteiger partial charge on any atom is 0.0650 e. The van der Waals surface area contributed by atoms with Crippen LogP contribution in [0.25, 0.3) is 0 Å². The van der Waals surface area contributed by atoms with Crippen LogP contribution >= 0.6 is 0 Å². The van der Waals surface area contributed by atoms with E-state index in [0.717, 1.165) is 6.67 Å². The highest BCUT2D eigenvalue weighted by Gasteiger charge is 2.13. The van der Waals surface area contributed by atoms with E-state index in [1.54, 1.807) is 0 Å². The normalized spacial score (nSPS) is 11.5. The van der Waals surface area contributed by atoms with E-state index in [4.69, 9.17) is 0 Å². The molecule has 84 valence electrons. The van der Waals surface area contributed by atoms with Crippen molar-refractivity contribution in [2.24, 2.45) is 0 Å². The quantitative estimate of drug-likeness (QED) is 0.743. The average molecular weight is 206 g/mol. The molecule has 2 nitrogen and oxygen atoms in total. The minimum atomic E-state index is 0.228. The Bertz CT molecular complexity index is 324. The Balaban J connectivity index is 2.88. The molecule has 0 aliphatic carbocycles. The van der Waals surface area contributed by atoms with Gasteiger partial charge in [0, 0.05) is 5.69 Å². The van der Waals surface area contributed by atoms with Gasteiger partial charge in [-0.3, -0.25) is 0 Å². The predicted molar refractivity (Wildman–Crippen MR) is 67.4 cm³/mol. The minimum absolute atomic E-state index is 0.228. The van der Waals surface area contributed by atoms with Crippen LogP contribution in [-0.4, -0.2) is 13.7 Å². The summed E-state index contributed by atoms with van der Waals surface area (Å²) in [6.07, 6.45) is 0. The largest absolute Gasteiger partial charge is 0.372 e. The number of rotatable bonds is 3. The van der Waals surface area contributed by atoms with Crippen molar-refractivity contribution in [3.8, 4) is 0 Å². The molecule has 0 aliphatic heterocycles. The number of benzene rings is 1. The maximum atomic E-state index is 3.33. The van der Waals surface area contributed by atoms with Crippen LogP contribution in [0.5, 0.6) is 0 Å². The van der Waals surface area contributed by atoms with E-state index in [-0.39, 0.29) is 5.41 Å². The van der Waals surface area contributed by atoms with E-state index in [0.29, 0.717) is 0 Å². The molecule has 0 atom stereocenters. The molecule has 0 saturated carbocycles. The monoisotopic (exact) mass is 206 g/mol. The van der Waals surface area contributed by atoms with Crippen molar-refractivity contribution in [2.45, 2.75) is 33.1 Å². The lowest BCUT2D eigenvalue weighted by Gasteiger charge is -2.21. The van der Waals surface area contributed by atoms with Gasteiger partial charge in [-0.15, -0.1) is 0 Å². The molecule has 0 aliphatic rings. The molecule has 1 aromatic carbocycles. The van der Waals surface area contributed by atoms with E-state index < -0.39 is 0 Å². The predicted octanol–water partition coefficient (Wildman–Crippen LogP) is 2.88. The number of anilines is 1. The van der Waals surface area contributed by atoms with Gasteiger partial charge in [0.25, 0.3) is 0 Å². The summed E-state index contributed by atoms with van der Waals surface area (Å²) in [4.78, 5) is 0. The Morgan fingerprint density at radius 1 is 1.20 bits per heavy atom. The standard InChI is InChI=1S/C13H22N2/c1-10-8-11(13(2,3)4)6-7-12(10)15-9-14-5/h6-8,14-15H,9H2,1-5H3. The molecule has 15 heavy (non-hydrogen) atoms. The topological polar surface area (TPSA) is 24.1 Å². The lowest BCUT2D eigenvalue weighted by Crippen LogP contribution is -2.18. The first-order valence-corrected chi connectivity index (χ1v) is 5.45. The van der Waals surface area contributed by atoms with Crippen LogP contribution in [0.1, 0.15) is 31.9 Å². The molecule has 0 unspecified atom stereocenters. The zero-order valence-corrected chi connectivity index (χ0v) is 10.4. The molecule has 0 saturated heterocycles. The highest BCUT2D eigenvalue weighted by atomic mass is 15.0. The molecule has 0 heterocycles. The first kappa shape index (κ1) is 12.1. The fourth-order valence-corrected chi connectivity index (χ4v) is 1.51. The second-order valence-corrected chi connectivity index (χ2v) is 4.99. The van der Waals surface area contributed by atoms with E-state index >= 15 is 0 Å². The van der Waals surface area contributed by atoms with Gasteiger partial charge in [0.2, 0.25) is 0 Å². The number of nitrogens with one attached hydrogen (secondary N) is 2. The molecule has 2 N–H and O–H groups in total. The highest BCUT2D eigenvalue weighted by Crippen LogP contribution is 2.26. The Morgan fingerprint density at radius 3 is 2.33 bits per heavy atom. The summed E-state index contributed by atoms with van der Waals surface area (Å²) >= 11 is 0. The maximum absolute atomic E-state index is 3.33. The summed E-state index contributed by atoms with van der Waals surface area (Å²) in [6.45, 7) is 9.66. The van der Waals surface area contributed by atoms with Crippen LogP contribution in [0.2, 0.25) is 0 Å². The van der Waals surface area contributed by atoms with E-state index in [2.05, 4.69) is 56.5 Å². The third-order valence-electron chi connectivity index (χ3n) is 2.55. The first-order valence-electron chi connectivity index (χ1n) is 5.45. The minimum Gasteiger partial charge on any atom is -0.372 e. The molecular weight excluding hydrogens is 184 g/mol. The summed E-state index contributed by atoms with van der Waals surface area (Å²) in [6, 6.07) is 6.62. The van der Waals surface area contributed by atoms with Gasteiger partial charge in [-0.1, -0.05) is 32.9 Å². The van der Waals surface area contributed by atoms with Gasteiger partial charge in [-0.05, 0) is 36.6 Å². The fourth-order valence-electron chi connectivity index (χ4n) is 1.51. The van der Waals surface area contributed by atoms with Gasteiger partial charge in [0.1, 0.15) is 0 Å². The molecule has 0 radical (unpaired) electrons. The van der Waals surface area contributed by atoms with E-state index in [9.17, 15) is 0 Å². The van der Waals surface area contributed by atoms with Gasteiger partial charge >= 0.3 is 0 Å². The molecule has 0 aromatic heterocycles. The lowest BCUT2D eigenvalue weighted by atomic mass is 9.86. The summed E-state index contributed by atoms with van der Waals surface area (Å²) in [5.74, 6) is 0. The molecule has 0 bridgehead atoms. The summed E-state index contributed by atoms with van der Waals surface area (Å²) in [5, 5.41) is 6.41. The van der Waals surface area contributed by atoms with Gasteiger partial charge in [0.15, 0.2) is 0 Å². The summed E-state index contributed by atoms with van der Waals surface area (Å²) in [5.41, 5.74) is 4.12. The Morgan fingerprint density at radius 2 is 1.87 bits per heavy atom. The molecule has 1 rings (SSSR count). The molecular formula is C13H22N2. The fraction of sp³-hybridized carbons (Fsp3) is 0.538. The third-order valence-corrected chi connectivity index (χ3v) is 2.55. The zero-order valence-electron chi connectivity index (χ0n) is 10.4. The second kappa shape index (κ2) is 4.67. The highest BCUT2D eigenvalue weighted by molar-refractivity contribution is 5.52. The van der Waals surface area contributed by atoms with Crippen molar-refractivity contribution in [3.05, 3.63) is 29.3 Å². The van der Waals surface area contributed by atoms with Crippen molar-refractivity contribution in [1.29, 1.82) is 0 Å². The number of aryl methyl sites for hydroxylation is 1. The summed E-state index contributed by atoms with van der Waals surface area (Å²) < 4.78 is 0. The molecule has 2 heteroatoms. The van der Waals surface area contributed by atoms with Gasteiger partial charge in [0.05, 0.1) is 6.67 Å². The van der Waals surface area contributed by atoms with Gasteiger partial charge in [-0.25, -0.2) is 0 Å². The molecule has 0 amide bonds. The van der Waals surface area contributed by atoms with E-state index in [1.807, 2.05) is 7.05 Å². The zero-order chi connectivity index (χ0) is 11.5. The summed E-state index contributed by atoms with van der Waals surface area (Å²) in [7, 11) is 1.94. The molecule has 0 fully saturated rings. The number of hydrogen-bond acceptors (Lipinski definition) is 2. The SMILES string of the molecule is CNCNc1ccc(C(C)(C)C)cc1C. The Hall–Kier alpha value is -1.02. The number of hydrogen-bond donors (Lipinski definition) is 2. The van der Waals surface area contributed by atoms with Crippen LogP contribution in [0.4, 0.5) is 5.69 Å². The van der Waals surface area contributed by atoms with Crippen molar-refractivity contribution < 1.29 is 0 Å². The van der Waals surface area contributed by atoms with Crippen molar-refractivity contribution in [3.63, 3.8) is 0 Å². The Kier molecular flexibility index (Phi) is 3.75. The van der Waals surface area contributed by atoms with Crippen molar-refractivity contribution in [1.82, 2.24) is 5.32 Å². The van der Waals surface area contributed by atoms with Crippen LogP contribution in [0.3, 0.4) is 0 Å². The van der Waals surface area contributed by atoms with Crippen molar-refractivity contribution in [2.75, 3.05) is 19.0 Å². The average Bonchev–Trinajstić information content (AvgIpc) is 2.14. The third kappa shape index (κ3) is 3.24. The van der Waals surface area contributed by atoms with Crippen LogP contribution in [0, 0.1) is 6.92 Å². The lowest BCUT2D eigenvalue weighted by molar-refractivity contribution is 0.590. The van der Waals surface area contributed by atoms with Crippen LogP contribution in [-0.2, 0) is 5.41 Å². The second-order valence-electron chi connectivity index (χ2n) is 4.99. The van der Waals surface area contributed by atoms with Crippen LogP contribution in [0.15, 0.2) is 18.2 Å². The van der Waals surface area contributed by atoms with Gasteiger partial charge < -0.3 is 10.6 Å². The van der Waals surface area contributed by atoms with Crippen molar-refractivity contribution >= 4 is 5.69 Å². The Labute approximate surface area is 93.1 Å². The molecule has 0 spiro atoms. The van der Waals surface area contributed by atoms with Crippen LogP contribution < -0.4 is 10.6 Å². The van der Waals surface area contributed by atoms with E-state index in [1.165, 1.54) is 16.8 Å². The van der Waals surface area contributed by atoms with Gasteiger partial charge in [-0.2, -0.15) is 0 Å².